The van der Waals surface area contributed by atoms with Gasteiger partial charge in [-0.1, -0.05) is 11.6 Å². The molecule has 0 radical (unpaired) electrons. The van der Waals surface area contributed by atoms with Gasteiger partial charge in [0.1, 0.15) is 18.0 Å². The quantitative estimate of drug-likeness (QED) is 0.339. The number of nitrogens with zero attached hydrogens (tertiary/aromatic N) is 7. The monoisotopic (exact) mass is 530 g/mol. The van der Waals surface area contributed by atoms with Gasteiger partial charge in [-0.05, 0) is 18.2 Å². The molecule has 5 rings (SSSR count). The molecule has 0 amide bonds. The molecular weight excluding hydrogens is 513 g/mol. The van der Waals surface area contributed by atoms with Crippen LogP contribution < -0.4 is 16.6 Å². The van der Waals surface area contributed by atoms with E-state index >= 15 is 0 Å². The van der Waals surface area contributed by atoms with Crippen molar-refractivity contribution in [2.75, 3.05) is 5.32 Å². The molecule has 0 aliphatic rings. The molecule has 0 aliphatic carbocycles. The van der Waals surface area contributed by atoms with Crippen molar-refractivity contribution >= 4 is 34.0 Å². The Bertz CT molecular complexity index is 1790. The first kappa shape index (κ1) is 24.3. The van der Waals surface area contributed by atoms with Gasteiger partial charge in [0.05, 0.1) is 29.3 Å². The summed E-state index contributed by atoms with van der Waals surface area (Å²) in [5.74, 6) is -3.56. The Morgan fingerprint density at radius 3 is 2.38 bits per heavy atom. The van der Waals surface area contributed by atoms with E-state index in [1.165, 1.54) is 11.0 Å². The van der Waals surface area contributed by atoms with Gasteiger partial charge in [0.2, 0.25) is 0 Å². The first-order valence-corrected chi connectivity index (χ1v) is 11.2. The lowest BCUT2D eigenvalue weighted by Crippen LogP contribution is -2.41. The van der Waals surface area contributed by atoms with Gasteiger partial charge < -0.3 is 5.32 Å². The number of halogens is 4. The minimum absolute atomic E-state index is 0.0468. The van der Waals surface area contributed by atoms with Crippen molar-refractivity contribution < 1.29 is 13.2 Å². The molecule has 2 aromatic carbocycles. The van der Waals surface area contributed by atoms with Gasteiger partial charge in [-0.25, -0.2) is 22.9 Å². The van der Waals surface area contributed by atoms with Crippen LogP contribution in [0.5, 0.6) is 0 Å². The van der Waals surface area contributed by atoms with Crippen LogP contribution in [0.3, 0.4) is 0 Å². The number of hydrogen-bond acceptors (Lipinski definition) is 6. The lowest BCUT2D eigenvalue weighted by atomic mass is 10.2. The van der Waals surface area contributed by atoms with Crippen LogP contribution >= 0.6 is 11.6 Å². The maximum Gasteiger partial charge on any atom is 0.333 e. The highest BCUT2D eigenvalue weighted by atomic mass is 35.5. The highest BCUT2D eigenvalue weighted by Crippen LogP contribution is 2.30. The number of anilines is 2. The Balaban J connectivity index is 1.64. The zero-order valence-corrected chi connectivity index (χ0v) is 20.2. The van der Waals surface area contributed by atoms with Crippen LogP contribution in [-0.2, 0) is 27.2 Å². The van der Waals surface area contributed by atoms with E-state index in [0.717, 1.165) is 20.6 Å². The molecule has 0 unspecified atom stereocenters. The van der Waals surface area contributed by atoms with Gasteiger partial charge in [-0.2, -0.15) is 10.2 Å². The van der Waals surface area contributed by atoms with Crippen molar-refractivity contribution in [3.8, 4) is 0 Å². The zero-order chi connectivity index (χ0) is 26.4. The zero-order valence-electron chi connectivity index (χ0n) is 19.4. The van der Waals surface area contributed by atoms with Crippen molar-refractivity contribution in [1.82, 2.24) is 33.7 Å². The van der Waals surface area contributed by atoms with Crippen molar-refractivity contribution in [2.45, 2.75) is 13.1 Å². The molecule has 0 fully saturated rings. The van der Waals surface area contributed by atoms with E-state index in [1.807, 2.05) is 0 Å². The predicted octanol–water partition coefficient (Wildman–Crippen LogP) is 2.94. The number of aryl methyl sites for hydroxylation is 2. The molecule has 37 heavy (non-hydrogen) atoms. The van der Waals surface area contributed by atoms with E-state index in [2.05, 4.69) is 20.5 Å². The fourth-order valence-corrected chi connectivity index (χ4v) is 4.08. The molecule has 0 atom stereocenters. The smallest absolute Gasteiger partial charge is 0.333 e. The van der Waals surface area contributed by atoms with E-state index in [4.69, 9.17) is 11.6 Å². The number of hydrogen-bond donors (Lipinski definition) is 1. The molecule has 0 saturated heterocycles. The largest absolute Gasteiger partial charge is 0.340 e. The normalized spacial score (nSPS) is 11.4. The summed E-state index contributed by atoms with van der Waals surface area (Å²) < 4.78 is 46.8. The minimum atomic E-state index is -1.37. The second kappa shape index (κ2) is 9.24. The minimum Gasteiger partial charge on any atom is -0.340 e. The van der Waals surface area contributed by atoms with E-state index in [-0.39, 0.29) is 28.8 Å². The molecule has 0 aliphatic heterocycles. The van der Waals surface area contributed by atoms with Crippen LogP contribution in [0.25, 0.3) is 10.9 Å². The summed E-state index contributed by atoms with van der Waals surface area (Å²) in [4.78, 5) is 30.4. The van der Waals surface area contributed by atoms with Crippen molar-refractivity contribution in [3.63, 3.8) is 0 Å². The standard InChI is InChI=1S/C23H18ClF3N8O2/c1-32-8-13-4-19(14(24)5-18(13)30-32)29-21-7-22(36)35(10-20-28-11-33(2)31-20)23(37)34(21)9-12-3-16(26)17(27)6-15(12)25/h3-8,11,29H,9-10H2,1-2H3. The lowest BCUT2D eigenvalue weighted by molar-refractivity contribution is 0.486. The summed E-state index contributed by atoms with van der Waals surface area (Å²) in [5.41, 5.74) is -0.896. The summed E-state index contributed by atoms with van der Waals surface area (Å²) in [6, 6.07) is 5.44. The number of rotatable bonds is 6. The molecule has 14 heteroatoms. The molecule has 0 bridgehead atoms. The third-order valence-corrected chi connectivity index (χ3v) is 5.93. The van der Waals surface area contributed by atoms with E-state index in [9.17, 15) is 22.8 Å². The lowest BCUT2D eigenvalue weighted by Gasteiger charge is -2.17. The first-order valence-electron chi connectivity index (χ1n) is 10.8. The number of benzene rings is 2. The molecule has 1 N–H and O–H groups in total. The number of fused-ring (bicyclic) bond motifs is 1. The van der Waals surface area contributed by atoms with Gasteiger partial charge in [0.15, 0.2) is 17.5 Å². The Morgan fingerprint density at radius 2 is 1.65 bits per heavy atom. The second-order valence-corrected chi connectivity index (χ2v) is 8.74. The Labute approximate surface area is 211 Å². The number of nitrogens with one attached hydrogen (secondary N) is 1. The van der Waals surface area contributed by atoms with E-state index in [1.54, 1.807) is 37.1 Å². The topological polar surface area (TPSA) is 105 Å². The molecule has 5 aromatic rings. The third-order valence-electron chi connectivity index (χ3n) is 5.61. The Morgan fingerprint density at radius 1 is 0.892 bits per heavy atom. The van der Waals surface area contributed by atoms with Gasteiger partial charge in [-0.3, -0.25) is 23.3 Å². The SMILES string of the molecule is Cn1cnc(Cn2c(=O)cc(Nc3cc4cn(C)nc4cc3Cl)n(Cc3cc(F)c(F)cc3F)c2=O)n1. The third kappa shape index (κ3) is 4.72. The van der Waals surface area contributed by atoms with Crippen molar-refractivity contribution in [2.24, 2.45) is 14.1 Å². The molecule has 0 saturated carbocycles. The Kier molecular flexibility index (Phi) is 6.07. The second-order valence-electron chi connectivity index (χ2n) is 8.33. The van der Waals surface area contributed by atoms with Crippen LogP contribution in [0, 0.1) is 17.5 Å². The average molecular weight is 531 g/mol. The summed E-state index contributed by atoms with van der Waals surface area (Å²) >= 11 is 6.41. The average Bonchev–Trinajstić information content (AvgIpc) is 3.40. The maximum absolute atomic E-state index is 14.5. The van der Waals surface area contributed by atoms with Crippen LogP contribution in [-0.4, -0.2) is 33.7 Å². The highest BCUT2D eigenvalue weighted by Gasteiger charge is 2.18. The molecule has 3 heterocycles. The summed E-state index contributed by atoms with van der Waals surface area (Å²) in [6.07, 6.45) is 3.15. The Hall–Kier alpha value is -4.39. The summed E-state index contributed by atoms with van der Waals surface area (Å²) in [7, 11) is 3.37. The molecule has 0 spiro atoms. The molecule has 3 aromatic heterocycles. The van der Waals surface area contributed by atoms with Crippen LogP contribution in [0.4, 0.5) is 24.7 Å². The van der Waals surface area contributed by atoms with Crippen molar-refractivity contribution in [3.05, 3.63) is 97.6 Å². The van der Waals surface area contributed by atoms with Crippen LogP contribution in [0.1, 0.15) is 11.4 Å². The van der Waals surface area contributed by atoms with Crippen LogP contribution in [0.15, 0.2) is 52.4 Å². The molecule has 10 nitrogen and oxygen atoms in total. The summed E-state index contributed by atoms with van der Waals surface area (Å²) in [6.45, 7) is -0.783. The predicted molar refractivity (Wildman–Crippen MR) is 129 cm³/mol. The van der Waals surface area contributed by atoms with Crippen LogP contribution in [0.2, 0.25) is 5.02 Å². The fraction of sp³-hybridized carbons (Fsp3) is 0.174. The highest BCUT2D eigenvalue weighted by molar-refractivity contribution is 6.34. The van der Waals surface area contributed by atoms with Crippen molar-refractivity contribution in [1.29, 1.82) is 0 Å². The van der Waals surface area contributed by atoms with Gasteiger partial charge in [0.25, 0.3) is 5.56 Å². The first-order chi connectivity index (χ1) is 17.6. The molecular formula is C23H18ClF3N8O2. The van der Waals surface area contributed by atoms with E-state index in [0.29, 0.717) is 23.3 Å². The van der Waals surface area contributed by atoms with Gasteiger partial charge in [-0.15, -0.1) is 0 Å². The number of aromatic nitrogens is 7. The molecule has 190 valence electrons. The maximum atomic E-state index is 14.5. The van der Waals surface area contributed by atoms with Gasteiger partial charge in [0, 0.05) is 43.4 Å². The summed E-state index contributed by atoms with van der Waals surface area (Å²) in [5, 5.41) is 12.3. The van der Waals surface area contributed by atoms with E-state index < -0.39 is 35.2 Å². The van der Waals surface area contributed by atoms with Gasteiger partial charge >= 0.3 is 5.69 Å². The fourth-order valence-electron chi connectivity index (χ4n) is 3.87.